The van der Waals surface area contributed by atoms with Crippen LogP contribution in [0.4, 0.5) is 0 Å². The number of carbonyl (C=O) groups excluding carboxylic acids is 1. The van der Waals surface area contributed by atoms with Crippen LogP contribution in [-0.4, -0.2) is 71.1 Å². The molecule has 0 saturated carbocycles. The molecule has 2 saturated heterocycles. The van der Waals surface area contributed by atoms with Gasteiger partial charge in [-0.3, -0.25) is 14.7 Å². The van der Waals surface area contributed by atoms with Crippen molar-refractivity contribution < 1.29 is 9.90 Å². The van der Waals surface area contributed by atoms with E-state index in [4.69, 9.17) is 0 Å². The molecule has 1 aromatic rings. The first-order valence-electron chi connectivity index (χ1n) is 6.63. The molecule has 0 bridgehead atoms. The Bertz CT molecular complexity index is 467. The lowest BCUT2D eigenvalue weighted by Crippen LogP contribution is -2.62. The SMILES string of the molecule is O=C(c1ccncc1O)N1CCN(C2CNC2)CC1. The first-order chi connectivity index (χ1) is 9.25. The molecule has 1 aromatic heterocycles. The number of piperazine rings is 1. The quantitative estimate of drug-likeness (QED) is 0.753. The van der Waals surface area contributed by atoms with E-state index in [1.54, 1.807) is 11.0 Å². The van der Waals surface area contributed by atoms with Gasteiger partial charge < -0.3 is 15.3 Å². The average molecular weight is 262 g/mol. The lowest BCUT2D eigenvalue weighted by atomic mass is 10.1. The first-order valence-corrected chi connectivity index (χ1v) is 6.63. The van der Waals surface area contributed by atoms with Crippen molar-refractivity contribution in [3.63, 3.8) is 0 Å². The summed E-state index contributed by atoms with van der Waals surface area (Å²) < 4.78 is 0. The number of pyridine rings is 1. The Morgan fingerprint density at radius 3 is 2.63 bits per heavy atom. The Morgan fingerprint density at radius 2 is 2.05 bits per heavy atom. The zero-order chi connectivity index (χ0) is 13.2. The smallest absolute Gasteiger partial charge is 0.257 e. The average Bonchev–Trinajstić information content (AvgIpc) is 2.37. The van der Waals surface area contributed by atoms with Crippen LogP contribution < -0.4 is 5.32 Å². The van der Waals surface area contributed by atoms with E-state index in [0.29, 0.717) is 11.6 Å². The molecule has 0 aliphatic carbocycles. The van der Waals surface area contributed by atoms with Gasteiger partial charge in [-0.15, -0.1) is 0 Å². The van der Waals surface area contributed by atoms with Gasteiger partial charge in [-0.1, -0.05) is 0 Å². The minimum atomic E-state index is -0.105. The Kier molecular flexibility index (Phi) is 3.35. The fourth-order valence-electron chi connectivity index (χ4n) is 2.56. The number of amides is 1. The number of aromatic hydroxyl groups is 1. The van der Waals surface area contributed by atoms with E-state index in [1.807, 2.05) is 0 Å². The molecule has 2 aliphatic rings. The molecular weight excluding hydrogens is 244 g/mol. The van der Waals surface area contributed by atoms with Crippen LogP contribution in [0, 0.1) is 0 Å². The van der Waals surface area contributed by atoms with Crippen LogP contribution in [0.5, 0.6) is 5.75 Å². The maximum atomic E-state index is 12.3. The maximum absolute atomic E-state index is 12.3. The van der Waals surface area contributed by atoms with Crippen LogP contribution in [0.2, 0.25) is 0 Å². The summed E-state index contributed by atoms with van der Waals surface area (Å²) in [6.07, 6.45) is 2.84. The van der Waals surface area contributed by atoms with E-state index in [2.05, 4.69) is 15.2 Å². The Balaban J connectivity index is 1.62. The van der Waals surface area contributed by atoms with Crippen LogP contribution in [0.25, 0.3) is 0 Å². The maximum Gasteiger partial charge on any atom is 0.257 e. The molecule has 0 atom stereocenters. The van der Waals surface area contributed by atoms with Gasteiger partial charge in [-0.25, -0.2) is 0 Å². The van der Waals surface area contributed by atoms with Crippen LogP contribution in [0.1, 0.15) is 10.4 Å². The van der Waals surface area contributed by atoms with Gasteiger partial charge in [-0.05, 0) is 6.07 Å². The van der Waals surface area contributed by atoms with Gasteiger partial charge in [0.05, 0.1) is 11.8 Å². The highest BCUT2D eigenvalue weighted by Gasteiger charge is 2.29. The molecule has 2 N–H and O–H groups in total. The van der Waals surface area contributed by atoms with E-state index in [9.17, 15) is 9.90 Å². The summed E-state index contributed by atoms with van der Waals surface area (Å²) in [6, 6.07) is 2.20. The number of carbonyl (C=O) groups is 1. The zero-order valence-electron chi connectivity index (χ0n) is 10.7. The molecule has 102 valence electrons. The Morgan fingerprint density at radius 1 is 1.32 bits per heavy atom. The number of hydrogen-bond acceptors (Lipinski definition) is 5. The summed E-state index contributed by atoms with van der Waals surface area (Å²) in [5, 5.41) is 12.9. The third-order valence-corrected chi connectivity index (χ3v) is 3.91. The number of hydrogen-bond donors (Lipinski definition) is 2. The summed E-state index contributed by atoms with van der Waals surface area (Å²) in [7, 11) is 0. The van der Waals surface area contributed by atoms with Gasteiger partial charge in [0.15, 0.2) is 0 Å². The van der Waals surface area contributed by atoms with Gasteiger partial charge in [-0.2, -0.15) is 0 Å². The van der Waals surface area contributed by atoms with Gasteiger partial charge >= 0.3 is 0 Å². The number of nitrogens with one attached hydrogen (secondary N) is 1. The molecule has 3 rings (SSSR count). The van der Waals surface area contributed by atoms with Crippen LogP contribution in [0.3, 0.4) is 0 Å². The number of rotatable bonds is 2. The predicted molar refractivity (Wildman–Crippen MR) is 70.0 cm³/mol. The van der Waals surface area contributed by atoms with E-state index in [-0.39, 0.29) is 11.7 Å². The predicted octanol–water partition coefficient (Wildman–Crippen LogP) is -0.483. The fourth-order valence-corrected chi connectivity index (χ4v) is 2.56. The van der Waals surface area contributed by atoms with E-state index < -0.39 is 0 Å². The lowest BCUT2D eigenvalue weighted by Gasteiger charge is -2.43. The minimum absolute atomic E-state index is 0.0434. The van der Waals surface area contributed by atoms with Crippen LogP contribution in [0.15, 0.2) is 18.5 Å². The molecule has 2 aliphatic heterocycles. The molecule has 6 heteroatoms. The minimum Gasteiger partial charge on any atom is -0.505 e. The third kappa shape index (κ3) is 2.41. The van der Waals surface area contributed by atoms with Crippen molar-refractivity contribution in [3.8, 4) is 5.75 Å². The van der Waals surface area contributed by atoms with Crippen molar-refractivity contribution in [2.24, 2.45) is 0 Å². The molecule has 0 spiro atoms. The van der Waals surface area contributed by atoms with E-state index in [1.165, 1.54) is 12.4 Å². The number of nitrogens with zero attached hydrogens (tertiary/aromatic N) is 3. The molecule has 3 heterocycles. The van der Waals surface area contributed by atoms with Crippen molar-refractivity contribution in [3.05, 3.63) is 24.0 Å². The van der Waals surface area contributed by atoms with Gasteiger partial charge in [0.1, 0.15) is 5.75 Å². The van der Waals surface area contributed by atoms with Crippen molar-refractivity contribution in [2.45, 2.75) is 6.04 Å². The second-order valence-corrected chi connectivity index (χ2v) is 5.03. The van der Waals surface area contributed by atoms with Gasteiger partial charge in [0, 0.05) is 51.5 Å². The number of aromatic nitrogens is 1. The second-order valence-electron chi connectivity index (χ2n) is 5.03. The summed E-state index contributed by atoms with van der Waals surface area (Å²) in [4.78, 5) is 20.3. The standard InChI is InChI=1S/C13H18N4O2/c18-12-9-14-2-1-11(12)13(19)17-5-3-16(4-6-17)10-7-15-8-10/h1-2,9-10,15,18H,3-8H2. The summed E-state index contributed by atoms with van der Waals surface area (Å²) in [5.41, 5.74) is 0.341. The highest BCUT2D eigenvalue weighted by atomic mass is 16.3. The molecule has 0 radical (unpaired) electrons. The highest BCUT2D eigenvalue weighted by Crippen LogP contribution is 2.18. The summed E-state index contributed by atoms with van der Waals surface area (Å²) >= 11 is 0. The Labute approximate surface area is 112 Å². The molecular formula is C13H18N4O2. The highest BCUT2D eigenvalue weighted by molar-refractivity contribution is 5.96. The van der Waals surface area contributed by atoms with Crippen molar-refractivity contribution in [1.82, 2.24) is 20.1 Å². The summed E-state index contributed by atoms with van der Waals surface area (Å²) in [6.45, 7) is 5.36. The molecule has 1 amide bonds. The molecule has 19 heavy (non-hydrogen) atoms. The second kappa shape index (κ2) is 5.14. The normalized spacial score (nSPS) is 21.2. The summed E-state index contributed by atoms with van der Waals surface area (Å²) in [5.74, 6) is -0.149. The first kappa shape index (κ1) is 12.4. The molecule has 6 nitrogen and oxygen atoms in total. The van der Waals surface area contributed by atoms with Gasteiger partial charge in [0.2, 0.25) is 0 Å². The topological polar surface area (TPSA) is 68.7 Å². The monoisotopic (exact) mass is 262 g/mol. The molecule has 2 fully saturated rings. The van der Waals surface area contributed by atoms with Crippen LogP contribution >= 0.6 is 0 Å². The van der Waals surface area contributed by atoms with Crippen molar-refractivity contribution in [2.75, 3.05) is 39.3 Å². The van der Waals surface area contributed by atoms with E-state index >= 15 is 0 Å². The van der Waals surface area contributed by atoms with E-state index in [0.717, 1.165) is 39.3 Å². The fraction of sp³-hybridized carbons (Fsp3) is 0.538. The largest absolute Gasteiger partial charge is 0.505 e. The third-order valence-electron chi connectivity index (χ3n) is 3.91. The van der Waals surface area contributed by atoms with Crippen molar-refractivity contribution >= 4 is 5.91 Å². The Hall–Kier alpha value is -1.66. The van der Waals surface area contributed by atoms with Crippen molar-refractivity contribution in [1.29, 1.82) is 0 Å². The molecule has 0 aromatic carbocycles. The zero-order valence-corrected chi connectivity index (χ0v) is 10.7. The van der Waals surface area contributed by atoms with Gasteiger partial charge in [0.25, 0.3) is 5.91 Å². The lowest BCUT2D eigenvalue weighted by molar-refractivity contribution is 0.0499. The molecule has 0 unspecified atom stereocenters. The van der Waals surface area contributed by atoms with Crippen LogP contribution in [-0.2, 0) is 0 Å².